The summed E-state index contributed by atoms with van der Waals surface area (Å²) in [6, 6.07) is 6.57. The van der Waals surface area contributed by atoms with E-state index in [4.69, 9.17) is 0 Å². The van der Waals surface area contributed by atoms with Gasteiger partial charge in [-0.25, -0.2) is 0 Å². The number of hydrogen-bond donors (Lipinski definition) is 1. The first-order chi connectivity index (χ1) is 9.87. The van der Waals surface area contributed by atoms with Crippen LogP contribution in [-0.4, -0.2) is 34.0 Å². The van der Waals surface area contributed by atoms with E-state index in [1.54, 1.807) is 6.92 Å². The van der Waals surface area contributed by atoms with Crippen LogP contribution >= 0.6 is 0 Å². The van der Waals surface area contributed by atoms with E-state index in [1.807, 2.05) is 19.9 Å². The summed E-state index contributed by atoms with van der Waals surface area (Å²) in [6.45, 7) is 9.86. The lowest BCUT2D eigenvalue weighted by molar-refractivity contribution is -0.124. The van der Waals surface area contributed by atoms with E-state index in [0.717, 1.165) is 13.1 Å². The molecule has 0 spiro atoms. The summed E-state index contributed by atoms with van der Waals surface area (Å²) in [5, 5.41) is 12.2. The maximum atomic E-state index is 12.3. The van der Waals surface area contributed by atoms with Crippen molar-refractivity contribution in [3.05, 3.63) is 24.0 Å². The zero-order chi connectivity index (χ0) is 15.6. The molecule has 0 bridgehead atoms. The van der Waals surface area contributed by atoms with Crippen molar-refractivity contribution in [1.29, 1.82) is 5.26 Å². The molecule has 0 saturated heterocycles. The van der Waals surface area contributed by atoms with Crippen LogP contribution in [0.3, 0.4) is 0 Å². The molecule has 2 rings (SSSR count). The third kappa shape index (κ3) is 3.11. The van der Waals surface area contributed by atoms with Gasteiger partial charge in [0.25, 0.3) is 0 Å². The minimum atomic E-state index is -0.809. The summed E-state index contributed by atoms with van der Waals surface area (Å²) in [6.07, 6.45) is 2.08. The van der Waals surface area contributed by atoms with E-state index in [9.17, 15) is 10.1 Å². The standard InChI is InChI=1S/C16H24N4O/c1-12(2)16(4,11-17)18-15(21)10-20-9-8-19-7-5-6-14(19)13(20)3/h5-7,12-13H,8-10H2,1-4H3,(H,18,21)/t13-,16+/m1/s1. The van der Waals surface area contributed by atoms with Gasteiger partial charge in [0.15, 0.2) is 0 Å². The van der Waals surface area contributed by atoms with Crippen LogP contribution in [0.5, 0.6) is 0 Å². The fourth-order valence-electron chi connectivity index (χ4n) is 2.66. The highest BCUT2D eigenvalue weighted by atomic mass is 16.2. The summed E-state index contributed by atoms with van der Waals surface area (Å²) in [4.78, 5) is 14.4. The maximum Gasteiger partial charge on any atom is 0.235 e. The van der Waals surface area contributed by atoms with Crippen molar-refractivity contribution in [3.8, 4) is 6.07 Å². The molecule has 0 radical (unpaired) electrons. The summed E-state index contributed by atoms with van der Waals surface area (Å²) in [7, 11) is 0. The highest BCUT2D eigenvalue weighted by molar-refractivity contribution is 5.79. The first kappa shape index (κ1) is 15.6. The highest BCUT2D eigenvalue weighted by Crippen LogP contribution is 2.25. The number of fused-ring (bicyclic) bond motifs is 1. The van der Waals surface area contributed by atoms with Crippen LogP contribution in [0.2, 0.25) is 0 Å². The second-order valence-corrected chi connectivity index (χ2v) is 6.29. The number of carbonyl (C=O) groups excluding carboxylic acids is 1. The molecule has 0 unspecified atom stereocenters. The first-order valence-electron chi connectivity index (χ1n) is 7.48. The number of hydrogen-bond acceptors (Lipinski definition) is 3. The van der Waals surface area contributed by atoms with E-state index in [0.29, 0.717) is 6.54 Å². The Morgan fingerprint density at radius 2 is 2.29 bits per heavy atom. The van der Waals surface area contributed by atoms with Crippen LogP contribution in [0.15, 0.2) is 18.3 Å². The third-order valence-electron chi connectivity index (χ3n) is 4.60. The van der Waals surface area contributed by atoms with Crippen molar-refractivity contribution in [2.45, 2.75) is 45.8 Å². The van der Waals surface area contributed by atoms with E-state index in [1.165, 1.54) is 5.69 Å². The Hall–Kier alpha value is -1.80. The summed E-state index contributed by atoms with van der Waals surface area (Å²) < 4.78 is 2.23. The van der Waals surface area contributed by atoms with Crippen LogP contribution < -0.4 is 5.32 Å². The maximum absolute atomic E-state index is 12.3. The molecule has 1 aliphatic rings. The fraction of sp³-hybridized carbons (Fsp3) is 0.625. The van der Waals surface area contributed by atoms with Crippen molar-refractivity contribution >= 4 is 5.91 Å². The van der Waals surface area contributed by atoms with Gasteiger partial charge in [-0.3, -0.25) is 9.69 Å². The van der Waals surface area contributed by atoms with Crippen LogP contribution in [-0.2, 0) is 11.3 Å². The molecule has 21 heavy (non-hydrogen) atoms. The summed E-state index contributed by atoms with van der Waals surface area (Å²) in [5.41, 5.74) is 0.428. The van der Waals surface area contributed by atoms with Crippen LogP contribution in [0.4, 0.5) is 0 Å². The van der Waals surface area contributed by atoms with Gasteiger partial charge in [-0.05, 0) is 31.9 Å². The molecule has 1 amide bonds. The molecule has 2 heterocycles. The van der Waals surface area contributed by atoms with Crippen LogP contribution in [0, 0.1) is 17.2 Å². The topological polar surface area (TPSA) is 61.1 Å². The fourth-order valence-corrected chi connectivity index (χ4v) is 2.66. The molecule has 5 heteroatoms. The lowest BCUT2D eigenvalue weighted by atomic mass is 9.90. The Bertz CT molecular complexity index is 557. The molecule has 1 aromatic heterocycles. The molecule has 5 nitrogen and oxygen atoms in total. The van der Waals surface area contributed by atoms with E-state index in [2.05, 4.69) is 40.0 Å². The predicted octanol–water partition coefficient (Wildman–Crippen LogP) is 1.92. The van der Waals surface area contributed by atoms with Crippen molar-refractivity contribution < 1.29 is 4.79 Å². The molecule has 0 fully saturated rings. The third-order valence-corrected chi connectivity index (χ3v) is 4.60. The Kier molecular flexibility index (Phi) is 4.38. The van der Waals surface area contributed by atoms with Gasteiger partial charge in [0, 0.05) is 31.0 Å². The van der Waals surface area contributed by atoms with Crippen molar-refractivity contribution in [2.24, 2.45) is 5.92 Å². The normalized spacial score (nSPS) is 21.4. The molecule has 0 aliphatic carbocycles. The van der Waals surface area contributed by atoms with Crippen LogP contribution in [0.25, 0.3) is 0 Å². The molecule has 114 valence electrons. The largest absolute Gasteiger partial charge is 0.349 e. The predicted molar refractivity (Wildman–Crippen MR) is 81.4 cm³/mol. The molecule has 0 saturated carbocycles. The Labute approximate surface area is 126 Å². The molecule has 1 aromatic rings. The van der Waals surface area contributed by atoms with Crippen molar-refractivity contribution in [1.82, 2.24) is 14.8 Å². The van der Waals surface area contributed by atoms with E-state index >= 15 is 0 Å². The monoisotopic (exact) mass is 288 g/mol. The zero-order valence-electron chi connectivity index (χ0n) is 13.3. The lowest BCUT2D eigenvalue weighted by Gasteiger charge is -2.35. The molecule has 1 aliphatic heterocycles. The average molecular weight is 288 g/mol. The number of nitriles is 1. The smallest absolute Gasteiger partial charge is 0.235 e. The Morgan fingerprint density at radius 3 is 2.90 bits per heavy atom. The highest BCUT2D eigenvalue weighted by Gasteiger charge is 2.32. The quantitative estimate of drug-likeness (QED) is 0.920. The summed E-state index contributed by atoms with van der Waals surface area (Å²) in [5.74, 6) is -0.0120. The molecule has 0 aromatic carbocycles. The number of carbonyl (C=O) groups is 1. The van der Waals surface area contributed by atoms with Gasteiger partial charge in [-0.2, -0.15) is 5.26 Å². The SMILES string of the molecule is CC(C)[C@](C)(C#N)NC(=O)CN1CCn2cccc2[C@H]1C. The van der Waals surface area contributed by atoms with Crippen molar-refractivity contribution in [3.63, 3.8) is 0 Å². The van der Waals surface area contributed by atoms with Gasteiger partial charge in [0.05, 0.1) is 12.6 Å². The Morgan fingerprint density at radius 1 is 1.57 bits per heavy atom. The van der Waals surface area contributed by atoms with E-state index < -0.39 is 5.54 Å². The molecular formula is C16H24N4O. The van der Waals surface area contributed by atoms with E-state index in [-0.39, 0.29) is 17.9 Å². The van der Waals surface area contributed by atoms with Gasteiger partial charge in [0.2, 0.25) is 5.91 Å². The van der Waals surface area contributed by atoms with Gasteiger partial charge >= 0.3 is 0 Å². The minimum Gasteiger partial charge on any atom is -0.349 e. The average Bonchev–Trinajstić information content (AvgIpc) is 2.90. The van der Waals surface area contributed by atoms with Gasteiger partial charge in [0.1, 0.15) is 5.54 Å². The molecular weight excluding hydrogens is 264 g/mol. The summed E-state index contributed by atoms with van der Waals surface area (Å²) >= 11 is 0. The molecule has 1 N–H and O–H groups in total. The number of nitrogens with zero attached hydrogens (tertiary/aromatic N) is 3. The van der Waals surface area contributed by atoms with Crippen LogP contribution in [0.1, 0.15) is 39.4 Å². The molecule has 2 atom stereocenters. The van der Waals surface area contributed by atoms with Crippen molar-refractivity contribution in [2.75, 3.05) is 13.1 Å². The first-order valence-corrected chi connectivity index (χ1v) is 7.48. The number of amides is 1. The number of nitrogens with one attached hydrogen (secondary N) is 1. The van der Waals surface area contributed by atoms with Gasteiger partial charge in [-0.1, -0.05) is 13.8 Å². The van der Waals surface area contributed by atoms with Gasteiger partial charge in [-0.15, -0.1) is 0 Å². The number of rotatable bonds is 4. The number of aromatic nitrogens is 1. The second kappa shape index (κ2) is 5.90. The van der Waals surface area contributed by atoms with Gasteiger partial charge < -0.3 is 9.88 Å². The lowest BCUT2D eigenvalue weighted by Crippen LogP contribution is -2.52. The second-order valence-electron chi connectivity index (χ2n) is 6.29. The Balaban J connectivity index is 2.00. The minimum absolute atomic E-state index is 0.0717. The zero-order valence-corrected chi connectivity index (χ0v) is 13.3.